The summed E-state index contributed by atoms with van der Waals surface area (Å²) in [6.07, 6.45) is -1.69. The van der Waals surface area contributed by atoms with E-state index in [0.717, 1.165) is 11.3 Å². The van der Waals surface area contributed by atoms with Gasteiger partial charge in [-0.1, -0.05) is 74.8 Å². The zero-order chi connectivity index (χ0) is 20.0. The molecule has 1 heterocycles. The van der Waals surface area contributed by atoms with Crippen molar-refractivity contribution in [3.8, 4) is 0 Å². The van der Waals surface area contributed by atoms with Gasteiger partial charge in [-0.25, -0.2) is 0 Å². The van der Waals surface area contributed by atoms with E-state index in [-0.39, 0.29) is 28.2 Å². The van der Waals surface area contributed by atoms with Crippen molar-refractivity contribution in [1.82, 2.24) is 0 Å². The second kappa shape index (κ2) is 7.14. The van der Waals surface area contributed by atoms with Crippen molar-refractivity contribution in [3.05, 3.63) is 11.1 Å². The molecule has 0 aliphatic carbocycles. The minimum atomic E-state index is -3.22. The van der Waals surface area contributed by atoms with Gasteiger partial charge in [-0.3, -0.25) is 0 Å². The molecule has 25 heavy (non-hydrogen) atoms. The van der Waals surface area contributed by atoms with Crippen LogP contribution in [0.4, 0.5) is 8.78 Å². The van der Waals surface area contributed by atoms with Gasteiger partial charge in [0.05, 0.1) is 6.10 Å². The van der Waals surface area contributed by atoms with Crippen LogP contribution in [0.3, 0.4) is 0 Å². The first-order valence-corrected chi connectivity index (χ1v) is 10.6. The lowest BCUT2D eigenvalue weighted by atomic mass is 9.59. The van der Waals surface area contributed by atoms with E-state index in [1.165, 1.54) is 0 Å². The van der Waals surface area contributed by atoms with Crippen LogP contribution in [0.15, 0.2) is 11.1 Å². The average molecular weight is 377 g/mol. The maximum atomic E-state index is 15.3. The Balaban J connectivity index is 3.80. The van der Waals surface area contributed by atoms with Crippen LogP contribution in [0.1, 0.15) is 69.2 Å². The third-order valence-corrected chi connectivity index (χ3v) is 5.82. The van der Waals surface area contributed by atoms with Crippen LogP contribution in [0.25, 0.3) is 0 Å². The Bertz CT molecular complexity index is 503. The monoisotopic (exact) mass is 376 g/mol. The quantitative estimate of drug-likeness (QED) is 0.489. The molecular formula is C21H38F2OS. The molecule has 3 unspecified atom stereocenters. The Morgan fingerprint density at radius 3 is 1.80 bits per heavy atom. The van der Waals surface area contributed by atoms with Crippen molar-refractivity contribution in [2.24, 2.45) is 28.1 Å². The number of hydrogen-bond donors (Lipinski definition) is 0. The number of halogens is 2. The molecule has 1 aliphatic rings. The highest BCUT2D eigenvalue weighted by Gasteiger charge is 2.57. The van der Waals surface area contributed by atoms with E-state index in [0.29, 0.717) is 0 Å². The van der Waals surface area contributed by atoms with Crippen molar-refractivity contribution in [3.63, 3.8) is 0 Å². The van der Waals surface area contributed by atoms with Crippen molar-refractivity contribution >= 4 is 11.8 Å². The Morgan fingerprint density at radius 2 is 1.48 bits per heavy atom. The summed E-state index contributed by atoms with van der Waals surface area (Å²) in [5.41, 5.74) is -0.0804. The summed E-state index contributed by atoms with van der Waals surface area (Å²) < 4.78 is 36.1. The Labute approximate surface area is 158 Å². The van der Waals surface area contributed by atoms with Gasteiger partial charge in [-0.15, -0.1) is 0 Å². The highest BCUT2D eigenvalue weighted by atomic mass is 32.2. The van der Waals surface area contributed by atoms with Gasteiger partial charge in [-0.2, -0.15) is 20.5 Å². The minimum Gasteiger partial charge on any atom is -0.312 e. The summed E-state index contributed by atoms with van der Waals surface area (Å²) in [6, 6.07) is 0. The van der Waals surface area contributed by atoms with Crippen molar-refractivity contribution < 1.29 is 13.5 Å². The molecule has 0 aromatic carbocycles. The molecule has 0 aromatic heterocycles. The van der Waals surface area contributed by atoms with Crippen LogP contribution in [-0.2, 0) is 4.74 Å². The SMILES string of the molecule is CSCC(C)C1OC(F)(F)C(C(C)(C)C)=C(C(C)(C)C)C1C(C)(C)C. The topological polar surface area (TPSA) is 9.23 Å². The van der Waals surface area contributed by atoms with Gasteiger partial charge in [-0.05, 0) is 34.2 Å². The molecule has 4 heteroatoms. The van der Waals surface area contributed by atoms with Gasteiger partial charge >= 0.3 is 6.11 Å². The van der Waals surface area contributed by atoms with Gasteiger partial charge in [0.1, 0.15) is 0 Å². The van der Waals surface area contributed by atoms with Crippen LogP contribution < -0.4 is 0 Å². The third kappa shape index (κ3) is 5.00. The Hall–Kier alpha value is -0.0900. The van der Waals surface area contributed by atoms with E-state index >= 15 is 8.78 Å². The molecule has 0 fully saturated rings. The largest absolute Gasteiger partial charge is 0.380 e. The predicted molar refractivity (Wildman–Crippen MR) is 106 cm³/mol. The van der Waals surface area contributed by atoms with Crippen LogP contribution in [0, 0.1) is 28.1 Å². The first-order valence-electron chi connectivity index (χ1n) is 9.24. The Kier molecular flexibility index (Phi) is 6.56. The summed E-state index contributed by atoms with van der Waals surface area (Å²) in [7, 11) is 0. The fraction of sp³-hybridized carbons (Fsp3) is 0.905. The number of alkyl halides is 2. The highest BCUT2D eigenvalue weighted by molar-refractivity contribution is 7.98. The van der Waals surface area contributed by atoms with E-state index in [1.807, 2.05) is 34.0 Å². The van der Waals surface area contributed by atoms with Crippen LogP contribution in [0.5, 0.6) is 0 Å². The van der Waals surface area contributed by atoms with Gasteiger partial charge in [0.15, 0.2) is 0 Å². The molecule has 0 saturated carbocycles. The zero-order valence-electron chi connectivity index (χ0n) is 18.0. The van der Waals surface area contributed by atoms with Crippen LogP contribution >= 0.6 is 11.8 Å². The normalized spacial score (nSPS) is 26.8. The standard InChI is InChI=1S/C21H38F2OS/c1-13(12-25-11)16-14(18(2,3)4)15(19(5,6)7)17(20(8,9)10)21(22,23)24-16/h13-14,16H,12H2,1-11H3. The average Bonchev–Trinajstić information content (AvgIpc) is 2.32. The summed E-state index contributed by atoms with van der Waals surface area (Å²) in [5.74, 6) is 0.836. The third-order valence-electron chi connectivity index (χ3n) is 4.97. The molecular weight excluding hydrogens is 338 g/mol. The maximum Gasteiger partial charge on any atom is 0.380 e. The van der Waals surface area contributed by atoms with E-state index in [1.54, 1.807) is 11.8 Å². The second-order valence-electron chi connectivity index (χ2n) is 10.7. The van der Waals surface area contributed by atoms with Crippen LogP contribution in [-0.4, -0.2) is 24.2 Å². The van der Waals surface area contributed by atoms with Crippen molar-refractivity contribution in [2.75, 3.05) is 12.0 Å². The summed E-state index contributed by atoms with van der Waals surface area (Å²) in [5, 5.41) is 0. The van der Waals surface area contributed by atoms with Crippen LogP contribution in [0.2, 0.25) is 0 Å². The highest BCUT2D eigenvalue weighted by Crippen LogP contribution is 2.57. The van der Waals surface area contributed by atoms with E-state index in [9.17, 15) is 0 Å². The molecule has 0 spiro atoms. The predicted octanol–water partition coefficient (Wildman–Crippen LogP) is 7.03. The number of hydrogen-bond acceptors (Lipinski definition) is 2. The first-order chi connectivity index (χ1) is 10.9. The Morgan fingerprint density at radius 1 is 1.00 bits per heavy atom. The number of ether oxygens (including phenoxy) is 1. The summed E-state index contributed by atoms with van der Waals surface area (Å²) in [6.45, 7) is 20.3. The number of thioether (sulfide) groups is 1. The second-order valence-corrected chi connectivity index (χ2v) is 11.6. The maximum absolute atomic E-state index is 15.3. The van der Waals surface area contributed by atoms with E-state index < -0.39 is 17.6 Å². The molecule has 1 rings (SSSR count). The molecule has 0 amide bonds. The summed E-state index contributed by atoms with van der Waals surface area (Å²) in [4.78, 5) is 0. The number of rotatable bonds is 3. The molecule has 0 radical (unpaired) electrons. The van der Waals surface area contributed by atoms with Gasteiger partial charge in [0.25, 0.3) is 0 Å². The molecule has 1 aliphatic heterocycles. The molecule has 1 nitrogen and oxygen atoms in total. The minimum absolute atomic E-state index is 0.0384. The van der Waals surface area contributed by atoms with Gasteiger partial charge in [0, 0.05) is 11.5 Å². The smallest absolute Gasteiger partial charge is 0.312 e. The molecule has 0 bridgehead atoms. The summed E-state index contributed by atoms with van der Waals surface area (Å²) >= 11 is 1.69. The van der Waals surface area contributed by atoms with Crippen molar-refractivity contribution in [1.29, 1.82) is 0 Å². The molecule has 3 atom stereocenters. The van der Waals surface area contributed by atoms with E-state index in [2.05, 4.69) is 41.5 Å². The first kappa shape index (κ1) is 23.0. The molecule has 0 saturated heterocycles. The zero-order valence-corrected chi connectivity index (χ0v) is 18.8. The fourth-order valence-corrected chi connectivity index (χ4v) is 4.90. The van der Waals surface area contributed by atoms with Gasteiger partial charge < -0.3 is 4.74 Å². The fourth-order valence-electron chi connectivity index (χ4n) is 4.18. The van der Waals surface area contributed by atoms with Gasteiger partial charge in [0.2, 0.25) is 0 Å². The molecule has 0 aromatic rings. The molecule has 148 valence electrons. The lowest BCUT2D eigenvalue weighted by molar-refractivity contribution is -0.276. The lowest BCUT2D eigenvalue weighted by Crippen LogP contribution is -2.53. The molecule has 0 N–H and O–H groups in total. The van der Waals surface area contributed by atoms with E-state index in [4.69, 9.17) is 4.74 Å². The lowest BCUT2D eigenvalue weighted by Gasteiger charge is -2.53. The van der Waals surface area contributed by atoms with Crippen molar-refractivity contribution in [2.45, 2.75) is 81.4 Å².